The molecule has 0 aromatic heterocycles. The number of ether oxygens (including phenoxy) is 1. The molecular formula is C15H23NO. The molecule has 0 spiro atoms. The van der Waals surface area contributed by atoms with E-state index in [9.17, 15) is 0 Å². The van der Waals surface area contributed by atoms with Crippen LogP contribution in [0.2, 0.25) is 0 Å². The molecule has 1 aromatic carbocycles. The van der Waals surface area contributed by atoms with Crippen molar-refractivity contribution in [3.8, 4) is 5.75 Å². The van der Waals surface area contributed by atoms with Crippen molar-refractivity contribution in [3.05, 3.63) is 41.0 Å². The monoisotopic (exact) mass is 233 g/mol. The van der Waals surface area contributed by atoms with Crippen molar-refractivity contribution in [2.24, 2.45) is 0 Å². The first-order valence-electron chi connectivity index (χ1n) is 6.20. The number of benzene rings is 1. The van der Waals surface area contributed by atoms with E-state index in [-0.39, 0.29) is 0 Å². The Hall–Kier alpha value is -1.28. The molecule has 0 fully saturated rings. The van der Waals surface area contributed by atoms with E-state index in [0.29, 0.717) is 6.61 Å². The van der Waals surface area contributed by atoms with Crippen molar-refractivity contribution < 1.29 is 4.74 Å². The van der Waals surface area contributed by atoms with Gasteiger partial charge < -0.3 is 10.1 Å². The average molecular weight is 233 g/mol. The van der Waals surface area contributed by atoms with E-state index in [2.05, 4.69) is 57.3 Å². The molecule has 0 bridgehead atoms. The summed E-state index contributed by atoms with van der Waals surface area (Å²) in [4.78, 5) is 0. The summed E-state index contributed by atoms with van der Waals surface area (Å²) in [5, 5.41) is 3.34. The second kappa shape index (κ2) is 7.13. The van der Waals surface area contributed by atoms with Gasteiger partial charge in [-0.25, -0.2) is 0 Å². The van der Waals surface area contributed by atoms with Gasteiger partial charge in [0.05, 0.1) is 0 Å². The van der Waals surface area contributed by atoms with Gasteiger partial charge in [-0.2, -0.15) is 0 Å². The smallest absolute Gasteiger partial charge is 0.124 e. The van der Waals surface area contributed by atoms with Crippen LogP contribution in [0.25, 0.3) is 0 Å². The van der Waals surface area contributed by atoms with Crippen molar-refractivity contribution in [1.29, 1.82) is 0 Å². The highest BCUT2D eigenvalue weighted by Crippen LogP contribution is 2.20. The van der Waals surface area contributed by atoms with Crippen molar-refractivity contribution in [2.75, 3.05) is 13.2 Å². The van der Waals surface area contributed by atoms with Crippen LogP contribution in [0.5, 0.6) is 5.75 Å². The zero-order valence-electron chi connectivity index (χ0n) is 11.3. The van der Waals surface area contributed by atoms with E-state index in [1.165, 1.54) is 16.7 Å². The number of rotatable bonds is 6. The molecule has 0 aliphatic rings. The van der Waals surface area contributed by atoms with Crippen molar-refractivity contribution >= 4 is 0 Å². The topological polar surface area (TPSA) is 21.3 Å². The summed E-state index contributed by atoms with van der Waals surface area (Å²) in [5.74, 6) is 0.981. The first-order valence-corrected chi connectivity index (χ1v) is 6.20. The molecule has 17 heavy (non-hydrogen) atoms. The van der Waals surface area contributed by atoms with Gasteiger partial charge in [-0.15, -0.1) is 0 Å². The zero-order valence-corrected chi connectivity index (χ0v) is 11.3. The summed E-state index contributed by atoms with van der Waals surface area (Å²) < 4.78 is 5.78. The van der Waals surface area contributed by atoms with Crippen LogP contribution in [0.4, 0.5) is 0 Å². The molecule has 0 heterocycles. The highest BCUT2D eigenvalue weighted by atomic mass is 16.5. The maximum absolute atomic E-state index is 5.78. The van der Waals surface area contributed by atoms with Crippen LogP contribution in [-0.4, -0.2) is 13.2 Å². The Kier molecular flexibility index (Phi) is 5.78. The highest BCUT2D eigenvalue weighted by Gasteiger charge is 2.02. The lowest BCUT2D eigenvalue weighted by atomic mass is 10.1. The molecule has 0 radical (unpaired) electrons. The Morgan fingerprint density at radius 2 is 2.12 bits per heavy atom. The maximum atomic E-state index is 5.78. The van der Waals surface area contributed by atoms with Gasteiger partial charge in [-0.1, -0.05) is 30.2 Å². The summed E-state index contributed by atoms with van der Waals surface area (Å²) in [6.07, 6.45) is 2.09. The number of hydrogen-bond acceptors (Lipinski definition) is 2. The van der Waals surface area contributed by atoms with Crippen LogP contribution in [0, 0.1) is 6.92 Å². The molecular weight excluding hydrogens is 210 g/mol. The van der Waals surface area contributed by atoms with Crippen LogP contribution < -0.4 is 10.1 Å². The molecule has 94 valence electrons. The van der Waals surface area contributed by atoms with Gasteiger partial charge in [0.1, 0.15) is 12.4 Å². The van der Waals surface area contributed by atoms with Gasteiger partial charge in [0, 0.05) is 12.1 Å². The molecule has 2 heteroatoms. The Bertz CT molecular complexity index is 379. The summed E-state index contributed by atoms with van der Waals surface area (Å²) in [7, 11) is 0. The largest absolute Gasteiger partial charge is 0.489 e. The third-order valence-electron chi connectivity index (χ3n) is 2.51. The standard InChI is InChI=1S/C15H23NO/c1-5-16-11-14-10-13(4)6-7-15(14)17-9-8-12(2)3/h6-8,10,16H,5,9,11H2,1-4H3. The van der Waals surface area contributed by atoms with Gasteiger partial charge in [-0.3, -0.25) is 0 Å². The average Bonchev–Trinajstić information content (AvgIpc) is 2.28. The van der Waals surface area contributed by atoms with Gasteiger partial charge in [0.15, 0.2) is 0 Å². The summed E-state index contributed by atoms with van der Waals surface area (Å²) in [5.41, 5.74) is 3.78. The van der Waals surface area contributed by atoms with E-state index in [1.807, 2.05) is 0 Å². The second-order valence-electron chi connectivity index (χ2n) is 4.48. The Labute approximate surface area is 105 Å². The first-order chi connectivity index (χ1) is 8.13. The van der Waals surface area contributed by atoms with Gasteiger partial charge >= 0.3 is 0 Å². The second-order valence-corrected chi connectivity index (χ2v) is 4.48. The van der Waals surface area contributed by atoms with Crippen LogP contribution in [0.1, 0.15) is 31.9 Å². The number of aryl methyl sites for hydroxylation is 1. The van der Waals surface area contributed by atoms with E-state index >= 15 is 0 Å². The molecule has 1 aromatic rings. The number of hydrogen-bond donors (Lipinski definition) is 1. The molecule has 0 aliphatic heterocycles. The fourth-order valence-electron chi connectivity index (χ4n) is 1.54. The Balaban J connectivity index is 2.71. The minimum Gasteiger partial charge on any atom is -0.489 e. The van der Waals surface area contributed by atoms with Crippen molar-refractivity contribution in [3.63, 3.8) is 0 Å². The minimum absolute atomic E-state index is 0.643. The molecule has 0 unspecified atom stereocenters. The third kappa shape index (κ3) is 5.05. The molecule has 2 nitrogen and oxygen atoms in total. The van der Waals surface area contributed by atoms with Crippen molar-refractivity contribution in [1.82, 2.24) is 5.32 Å². The normalized spacial score (nSPS) is 10.1. The van der Waals surface area contributed by atoms with Crippen LogP contribution in [-0.2, 0) is 6.54 Å². The van der Waals surface area contributed by atoms with E-state index < -0.39 is 0 Å². The summed E-state index contributed by atoms with van der Waals surface area (Å²) in [6.45, 7) is 10.9. The molecule has 1 N–H and O–H groups in total. The first kappa shape index (κ1) is 13.8. The molecule has 0 saturated heterocycles. The van der Waals surface area contributed by atoms with Crippen molar-refractivity contribution in [2.45, 2.75) is 34.2 Å². The van der Waals surface area contributed by atoms with Crippen LogP contribution in [0.3, 0.4) is 0 Å². The van der Waals surface area contributed by atoms with E-state index in [0.717, 1.165) is 18.8 Å². The third-order valence-corrected chi connectivity index (χ3v) is 2.51. The van der Waals surface area contributed by atoms with Crippen LogP contribution >= 0.6 is 0 Å². The van der Waals surface area contributed by atoms with Gasteiger partial charge in [0.2, 0.25) is 0 Å². The summed E-state index contributed by atoms with van der Waals surface area (Å²) in [6, 6.07) is 6.33. The lowest BCUT2D eigenvalue weighted by Gasteiger charge is -2.11. The number of allylic oxidation sites excluding steroid dienone is 1. The summed E-state index contributed by atoms with van der Waals surface area (Å²) >= 11 is 0. The lowest BCUT2D eigenvalue weighted by Crippen LogP contribution is -2.13. The van der Waals surface area contributed by atoms with E-state index in [4.69, 9.17) is 4.74 Å². The van der Waals surface area contributed by atoms with E-state index in [1.54, 1.807) is 0 Å². The molecule has 0 saturated carbocycles. The predicted molar refractivity (Wildman–Crippen MR) is 73.5 cm³/mol. The Morgan fingerprint density at radius 1 is 1.35 bits per heavy atom. The molecule has 0 amide bonds. The quantitative estimate of drug-likeness (QED) is 0.760. The van der Waals surface area contributed by atoms with Gasteiger partial charge in [-0.05, 0) is 39.5 Å². The molecule has 1 rings (SSSR count). The number of nitrogens with one attached hydrogen (secondary N) is 1. The van der Waals surface area contributed by atoms with Gasteiger partial charge in [0.25, 0.3) is 0 Å². The maximum Gasteiger partial charge on any atom is 0.124 e. The Morgan fingerprint density at radius 3 is 2.76 bits per heavy atom. The fraction of sp³-hybridized carbons (Fsp3) is 0.467. The lowest BCUT2D eigenvalue weighted by molar-refractivity contribution is 0.356. The predicted octanol–water partition coefficient (Wildman–Crippen LogP) is 3.45. The van der Waals surface area contributed by atoms with Crippen LogP contribution in [0.15, 0.2) is 29.8 Å². The molecule has 0 atom stereocenters. The zero-order chi connectivity index (χ0) is 12.7. The highest BCUT2D eigenvalue weighted by molar-refractivity contribution is 5.37. The molecule has 0 aliphatic carbocycles. The SMILES string of the molecule is CCNCc1cc(C)ccc1OCC=C(C)C. The minimum atomic E-state index is 0.643. The fourth-order valence-corrected chi connectivity index (χ4v) is 1.54.